The minimum absolute atomic E-state index is 0.446. The molecule has 16 heavy (non-hydrogen) atoms. The molecule has 0 amide bonds. The van der Waals surface area contributed by atoms with E-state index in [1.54, 1.807) is 10.9 Å². The fourth-order valence-electron chi connectivity index (χ4n) is 1.49. The maximum atomic E-state index is 5.56. The number of nitrogens with two attached hydrogens (primary N) is 1. The predicted octanol–water partition coefficient (Wildman–Crippen LogP) is 0.441. The van der Waals surface area contributed by atoms with Gasteiger partial charge in [-0.3, -0.25) is 0 Å². The summed E-state index contributed by atoms with van der Waals surface area (Å²) in [6.07, 6.45) is 1.73. The Labute approximate surface area is 93.6 Å². The van der Waals surface area contributed by atoms with Crippen molar-refractivity contribution in [3.05, 3.63) is 29.1 Å². The Bertz CT molecular complexity index is 516. The van der Waals surface area contributed by atoms with Crippen LogP contribution >= 0.6 is 0 Å². The molecule has 2 aromatic heterocycles. The normalized spacial score (nSPS) is 10.8. The fraction of sp³-hybridized carbons (Fsp3) is 0.400. The van der Waals surface area contributed by atoms with Crippen LogP contribution in [0.5, 0.6) is 0 Å². The quantitative estimate of drug-likeness (QED) is 0.790. The van der Waals surface area contributed by atoms with Gasteiger partial charge in [-0.05, 0) is 20.8 Å². The molecule has 2 aromatic rings. The standard InChI is InChI=1S/C10H14N6/c1-6-9(4-11)5-12-10(13-6)16-8(3)14-7(2)15-16/h5H,4,11H2,1-3H3. The van der Waals surface area contributed by atoms with Crippen molar-refractivity contribution >= 4 is 0 Å². The highest BCUT2D eigenvalue weighted by molar-refractivity contribution is 5.21. The number of hydrogen-bond donors (Lipinski definition) is 1. The Hall–Kier alpha value is -1.82. The van der Waals surface area contributed by atoms with Gasteiger partial charge in [0.25, 0.3) is 5.95 Å². The maximum Gasteiger partial charge on any atom is 0.252 e. The smallest absolute Gasteiger partial charge is 0.252 e. The highest BCUT2D eigenvalue weighted by Gasteiger charge is 2.09. The van der Waals surface area contributed by atoms with Gasteiger partial charge >= 0.3 is 0 Å². The number of hydrogen-bond acceptors (Lipinski definition) is 5. The monoisotopic (exact) mass is 218 g/mol. The van der Waals surface area contributed by atoms with Crippen molar-refractivity contribution in [2.45, 2.75) is 27.3 Å². The summed E-state index contributed by atoms with van der Waals surface area (Å²) >= 11 is 0. The molecule has 0 saturated heterocycles. The van der Waals surface area contributed by atoms with Gasteiger partial charge in [0, 0.05) is 24.0 Å². The molecule has 2 rings (SSSR count). The van der Waals surface area contributed by atoms with Crippen LogP contribution in [0.2, 0.25) is 0 Å². The molecule has 0 aliphatic rings. The zero-order valence-corrected chi connectivity index (χ0v) is 9.60. The van der Waals surface area contributed by atoms with Crippen molar-refractivity contribution in [1.82, 2.24) is 24.7 Å². The molecule has 84 valence electrons. The third kappa shape index (κ3) is 1.79. The van der Waals surface area contributed by atoms with Gasteiger partial charge in [-0.25, -0.2) is 15.0 Å². The highest BCUT2D eigenvalue weighted by Crippen LogP contribution is 2.07. The lowest BCUT2D eigenvalue weighted by Crippen LogP contribution is -2.09. The topological polar surface area (TPSA) is 82.5 Å². The molecule has 0 aromatic carbocycles. The van der Waals surface area contributed by atoms with Crippen molar-refractivity contribution < 1.29 is 0 Å². The van der Waals surface area contributed by atoms with Crippen LogP contribution in [0, 0.1) is 20.8 Å². The van der Waals surface area contributed by atoms with Gasteiger partial charge in [0.2, 0.25) is 0 Å². The van der Waals surface area contributed by atoms with Gasteiger partial charge in [-0.1, -0.05) is 0 Å². The largest absolute Gasteiger partial charge is 0.326 e. The van der Waals surface area contributed by atoms with E-state index in [1.807, 2.05) is 20.8 Å². The van der Waals surface area contributed by atoms with Gasteiger partial charge in [0.05, 0.1) is 0 Å². The summed E-state index contributed by atoms with van der Waals surface area (Å²) in [5.74, 6) is 2.02. The minimum Gasteiger partial charge on any atom is -0.326 e. The van der Waals surface area contributed by atoms with Gasteiger partial charge in [0.15, 0.2) is 0 Å². The second kappa shape index (κ2) is 3.97. The number of rotatable bonds is 2. The van der Waals surface area contributed by atoms with E-state index >= 15 is 0 Å². The van der Waals surface area contributed by atoms with Crippen LogP contribution in [0.25, 0.3) is 5.95 Å². The van der Waals surface area contributed by atoms with Crippen molar-refractivity contribution in [3.63, 3.8) is 0 Å². The SMILES string of the molecule is Cc1nc(C)n(-c2ncc(CN)c(C)n2)n1. The summed E-state index contributed by atoms with van der Waals surface area (Å²) in [5.41, 5.74) is 7.38. The fourth-order valence-corrected chi connectivity index (χ4v) is 1.49. The number of nitrogens with zero attached hydrogens (tertiary/aromatic N) is 5. The Kier molecular flexibility index (Phi) is 2.66. The minimum atomic E-state index is 0.446. The first-order valence-electron chi connectivity index (χ1n) is 5.05. The lowest BCUT2D eigenvalue weighted by Gasteiger charge is -2.05. The molecule has 0 saturated carbocycles. The summed E-state index contributed by atoms with van der Waals surface area (Å²) in [5, 5.41) is 4.23. The molecule has 2 N–H and O–H groups in total. The molecule has 0 aliphatic heterocycles. The van der Waals surface area contributed by atoms with E-state index in [0.717, 1.165) is 17.1 Å². The van der Waals surface area contributed by atoms with Crippen molar-refractivity contribution in [2.75, 3.05) is 0 Å². The van der Waals surface area contributed by atoms with Crippen LogP contribution in [0.3, 0.4) is 0 Å². The molecule has 0 aliphatic carbocycles. The molecule has 0 bridgehead atoms. The van der Waals surface area contributed by atoms with Crippen LogP contribution in [0.1, 0.15) is 22.9 Å². The summed E-state index contributed by atoms with van der Waals surface area (Å²) in [6.45, 7) is 6.06. The Morgan fingerprint density at radius 2 is 2.00 bits per heavy atom. The zero-order valence-electron chi connectivity index (χ0n) is 9.60. The first-order valence-corrected chi connectivity index (χ1v) is 5.05. The van der Waals surface area contributed by atoms with Crippen LogP contribution in [0.4, 0.5) is 0 Å². The first-order chi connectivity index (χ1) is 7.61. The maximum absolute atomic E-state index is 5.56. The third-order valence-corrected chi connectivity index (χ3v) is 2.35. The van der Waals surface area contributed by atoms with Crippen molar-refractivity contribution in [2.24, 2.45) is 5.73 Å². The zero-order chi connectivity index (χ0) is 11.7. The van der Waals surface area contributed by atoms with Gasteiger partial charge < -0.3 is 5.73 Å². The van der Waals surface area contributed by atoms with E-state index < -0.39 is 0 Å². The molecular formula is C10H14N6. The second-order valence-electron chi connectivity index (χ2n) is 3.60. The van der Waals surface area contributed by atoms with E-state index in [9.17, 15) is 0 Å². The molecule has 0 atom stereocenters. The van der Waals surface area contributed by atoms with E-state index in [1.165, 1.54) is 0 Å². The molecule has 0 fully saturated rings. The van der Waals surface area contributed by atoms with E-state index in [0.29, 0.717) is 18.3 Å². The first kappa shape index (κ1) is 10.7. The average molecular weight is 218 g/mol. The van der Waals surface area contributed by atoms with Gasteiger partial charge in [-0.15, -0.1) is 5.10 Å². The number of aromatic nitrogens is 5. The Balaban J connectivity index is 2.49. The van der Waals surface area contributed by atoms with Gasteiger partial charge in [0.1, 0.15) is 11.6 Å². The molecule has 0 unspecified atom stereocenters. The van der Waals surface area contributed by atoms with E-state index in [-0.39, 0.29) is 0 Å². The molecule has 2 heterocycles. The van der Waals surface area contributed by atoms with Crippen molar-refractivity contribution in [1.29, 1.82) is 0 Å². The average Bonchev–Trinajstić information content (AvgIpc) is 2.58. The lowest BCUT2D eigenvalue weighted by molar-refractivity contribution is 0.759. The van der Waals surface area contributed by atoms with Gasteiger partial charge in [-0.2, -0.15) is 4.68 Å². The predicted molar refractivity (Wildman–Crippen MR) is 59.1 cm³/mol. The summed E-state index contributed by atoms with van der Waals surface area (Å²) in [4.78, 5) is 12.8. The molecule has 6 heteroatoms. The molecular weight excluding hydrogens is 204 g/mol. The van der Waals surface area contributed by atoms with Crippen LogP contribution in [-0.4, -0.2) is 24.7 Å². The van der Waals surface area contributed by atoms with E-state index in [2.05, 4.69) is 20.1 Å². The van der Waals surface area contributed by atoms with Crippen LogP contribution in [0.15, 0.2) is 6.20 Å². The van der Waals surface area contributed by atoms with Crippen LogP contribution in [-0.2, 0) is 6.54 Å². The molecule has 0 radical (unpaired) electrons. The Morgan fingerprint density at radius 3 is 2.50 bits per heavy atom. The summed E-state index contributed by atoms with van der Waals surface area (Å²) < 4.78 is 1.63. The lowest BCUT2D eigenvalue weighted by atomic mass is 10.2. The molecule has 6 nitrogen and oxygen atoms in total. The second-order valence-corrected chi connectivity index (χ2v) is 3.60. The summed E-state index contributed by atoms with van der Waals surface area (Å²) in [6, 6.07) is 0. The Morgan fingerprint density at radius 1 is 1.25 bits per heavy atom. The molecule has 0 spiro atoms. The van der Waals surface area contributed by atoms with Crippen LogP contribution < -0.4 is 5.73 Å². The summed E-state index contributed by atoms with van der Waals surface area (Å²) in [7, 11) is 0. The number of aryl methyl sites for hydroxylation is 3. The van der Waals surface area contributed by atoms with E-state index in [4.69, 9.17) is 5.73 Å². The highest BCUT2D eigenvalue weighted by atomic mass is 15.4. The third-order valence-electron chi connectivity index (χ3n) is 2.35. The van der Waals surface area contributed by atoms with Crippen molar-refractivity contribution in [3.8, 4) is 5.95 Å².